The molecular weight excluding hydrogens is 665 g/mol. The third-order valence-corrected chi connectivity index (χ3v) is 9.98. The number of carbonyl (C=O) groups is 2. The fourth-order valence-corrected chi connectivity index (χ4v) is 7.26. The molecule has 2 atom stereocenters. The van der Waals surface area contributed by atoms with E-state index in [2.05, 4.69) is 10.6 Å². The highest BCUT2D eigenvalue weighted by Crippen LogP contribution is 2.42. The lowest BCUT2D eigenvalue weighted by Crippen LogP contribution is -2.44. The van der Waals surface area contributed by atoms with Gasteiger partial charge in [0.25, 0.3) is 0 Å². The molecule has 2 aliphatic heterocycles. The van der Waals surface area contributed by atoms with Crippen molar-refractivity contribution in [2.75, 3.05) is 27.3 Å². The molecule has 12 heteroatoms. The molecule has 2 aliphatic rings. The number of pyridine rings is 2. The summed E-state index contributed by atoms with van der Waals surface area (Å²) in [5.74, 6) is 0.208. The number of nitrogens with zero attached hydrogens (tertiary/aromatic N) is 3. The van der Waals surface area contributed by atoms with Crippen LogP contribution in [0.3, 0.4) is 0 Å². The Balaban J connectivity index is 1.24. The molecule has 256 valence electrons. The van der Waals surface area contributed by atoms with E-state index in [0.29, 0.717) is 77.8 Å². The van der Waals surface area contributed by atoms with Crippen molar-refractivity contribution in [3.05, 3.63) is 81.8 Å². The third kappa shape index (κ3) is 7.68. The lowest BCUT2D eigenvalue weighted by molar-refractivity contribution is -0.144. The molecule has 3 N–H and O–H groups in total. The van der Waals surface area contributed by atoms with Gasteiger partial charge in [-0.05, 0) is 37.9 Å². The summed E-state index contributed by atoms with van der Waals surface area (Å²) in [7, 11) is 3.15. The number of benzene rings is 2. The van der Waals surface area contributed by atoms with Crippen molar-refractivity contribution in [3.8, 4) is 45.4 Å². The normalized spacial score (nSPS) is 17.9. The van der Waals surface area contributed by atoms with E-state index < -0.39 is 12.0 Å². The molecule has 2 saturated heterocycles. The average molecular weight is 705 g/mol. The maximum Gasteiger partial charge on any atom is 0.320 e. The third-order valence-electron chi connectivity index (χ3n) is 9.17. The van der Waals surface area contributed by atoms with Gasteiger partial charge in [-0.15, -0.1) is 0 Å². The second kappa shape index (κ2) is 15.6. The first-order valence-corrected chi connectivity index (χ1v) is 17.2. The van der Waals surface area contributed by atoms with Gasteiger partial charge in [0.2, 0.25) is 17.7 Å². The standard InChI is InChI=1S/C37H39Cl2N5O5/c1-48-35-22(19-40-20-24-14-17-32(45)41-24)12-15-29(42-35)27-9-5-7-25(33(27)38)26-8-6-10-28(34(26)39)30-16-13-23(36(43-30)49-2)21-44-18-4-3-11-31(44)37(46)47/h5-10,12-13,15-16,24,31,40H,3-4,11,14,17-21H2,1-2H3,(H,41,45)(H,46,47). The average Bonchev–Trinajstić information content (AvgIpc) is 3.53. The minimum Gasteiger partial charge on any atom is -0.481 e. The van der Waals surface area contributed by atoms with Gasteiger partial charge in [-0.1, -0.05) is 78.2 Å². The first kappa shape index (κ1) is 34.6. The van der Waals surface area contributed by atoms with E-state index in [4.69, 9.17) is 42.6 Å². The van der Waals surface area contributed by atoms with Crippen LogP contribution < -0.4 is 20.1 Å². The number of aromatic nitrogens is 2. The Labute approximate surface area is 295 Å². The van der Waals surface area contributed by atoms with E-state index in [1.54, 1.807) is 14.2 Å². The van der Waals surface area contributed by atoms with Crippen LogP contribution in [-0.2, 0) is 22.7 Å². The number of halogens is 2. The summed E-state index contributed by atoms with van der Waals surface area (Å²) in [4.78, 5) is 34.9. The van der Waals surface area contributed by atoms with Gasteiger partial charge in [0, 0.05) is 65.5 Å². The predicted molar refractivity (Wildman–Crippen MR) is 190 cm³/mol. The molecule has 2 aromatic heterocycles. The Morgan fingerprint density at radius 2 is 1.47 bits per heavy atom. The summed E-state index contributed by atoms with van der Waals surface area (Å²) in [5, 5.41) is 17.1. The first-order valence-electron chi connectivity index (χ1n) is 16.4. The number of carbonyl (C=O) groups excluding carboxylic acids is 1. The molecule has 2 fully saturated rings. The molecule has 6 rings (SSSR count). The second-order valence-electron chi connectivity index (χ2n) is 12.3. The topological polar surface area (TPSA) is 126 Å². The maximum absolute atomic E-state index is 11.8. The Morgan fingerprint density at radius 1 is 0.878 bits per heavy atom. The fourth-order valence-electron chi connectivity index (χ4n) is 6.61. The summed E-state index contributed by atoms with van der Waals surface area (Å²) < 4.78 is 11.3. The number of hydrogen-bond donors (Lipinski definition) is 3. The highest BCUT2D eigenvalue weighted by molar-refractivity contribution is 6.39. The van der Waals surface area contributed by atoms with Crippen molar-refractivity contribution in [2.24, 2.45) is 0 Å². The number of carboxylic acid groups (broad SMARTS) is 1. The quantitative estimate of drug-likeness (QED) is 0.149. The summed E-state index contributed by atoms with van der Waals surface area (Å²) >= 11 is 14.2. The zero-order valence-electron chi connectivity index (χ0n) is 27.5. The molecule has 0 radical (unpaired) electrons. The van der Waals surface area contributed by atoms with E-state index >= 15 is 0 Å². The molecule has 0 bridgehead atoms. The van der Waals surface area contributed by atoms with Crippen LogP contribution in [0.2, 0.25) is 10.0 Å². The van der Waals surface area contributed by atoms with E-state index in [1.807, 2.05) is 65.6 Å². The Hall–Kier alpha value is -4.22. The zero-order chi connectivity index (χ0) is 34.5. The lowest BCUT2D eigenvalue weighted by atomic mass is 9.98. The summed E-state index contributed by atoms with van der Waals surface area (Å²) in [5.41, 5.74) is 5.90. The van der Waals surface area contributed by atoms with Gasteiger partial charge in [-0.2, -0.15) is 0 Å². The number of hydrogen-bond acceptors (Lipinski definition) is 8. The van der Waals surface area contributed by atoms with Crippen LogP contribution in [0.25, 0.3) is 33.6 Å². The van der Waals surface area contributed by atoms with Gasteiger partial charge in [0.05, 0.1) is 35.7 Å². The van der Waals surface area contributed by atoms with Gasteiger partial charge in [-0.3, -0.25) is 14.5 Å². The van der Waals surface area contributed by atoms with E-state index in [-0.39, 0.29) is 11.9 Å². The minimum absolute atomic E-state index is 0.0929. The molecule has 0 spiro atoms. The number of aliphatic carboxylic acids is 1. The highest BCUT2D eigenvalue weighted by atomic mass is 35.5. The summed E-state index contributed by atoms with van der Waals surface area (Å²) in [6, 6.07) is 18.8. The molecule has 2 unspecified atom stereocenters. The van der Waals surface area contributed by atoms with Crippen LogP contribution in [0.1, 0.15) is 43.2 Å². The molecule has 10 nitrogen and oxygen atoms in total. The highest BCUT2D eigenvalue weighted by Gasteiger charge is 2.29. The van der Waals surface area contributed by atoms with Crippen LogP contribution in [0.15, 0.2) is 60.7 Å². The number of amides is 1. The number of carboxylic acids is 1. The molecule has 4 heterocycles. The minimum atomic E-state index is -0.804. The number of rotatable bonds is 12. The van der Waals surface area contributed by atoms with Crippen molar-refractivity contribution >= 4 is 35.1 Å². The van der Waals surface area contributed by atoms with Crippen molar-refractivity contribution in [1.82, 2.24) is 25.5 Å². The van der Waals surface area contributed by atoms with Crippen LogP contribution in [-0.4, -0.2) is 71.2 Å². The maximum atomic E-state index is 11.8. The lowest BCUT2D eigenvalue weighted by Gasteiger charge is -2.33. The number of likely N-dealkylation sites (tertiary alicyclic amines) is 1. The first-order chi connectivity index (χ1) is 23.8. The summed E-state index contributed by atoms with van der Waals surface area (Å²) in [6.07, 6.45) is 3.89. The van der Waals surface area contributed by atoms with Crippen LogP contribution in [0, 0.1) is 0 Å². The van der Waals surface area contributed by atoms with Crippen molar-refractivity contribution in [2.45, 2.75) is 57.3 Å². The van der Waals surface area contributed by atoms with Gasteiger partial charge in [-0.25, -0.2) is 9.97 Å². The number of nitrogens with one attached hydrogen (secondary N) is 2. The molecular formula is C37H39Cl2N5O5. The van der Waals surface area contributed by atoms with Gasteiger partial charge in [0.15, 0.2) is 0 Å². The Kier molecular flexibility index (Phi) is 11.0. The number of methoxy groups -OCH3 is 2. The molecule has 2 aromatic carbocycles. The van der Waals surface area contributed by atoms with Crippen molar-refractivity contribution < 1.29 is 24.2 Å². The smallest absolute Gasteiger partial charge is 0.320 e. The Morgan fingerprint density at radius 3 is 2.04 bits per heavy atom. The molecule has 1 amide bonds. The van der Waals surface area contributed by atoms with E-state index in [9.17, 15) is 14.7 Å². The van der Waals surface area contributed by atoms with Crippen LogP contribution in [0.4, 0.5) is 0 Å². The predicted octanol–water partition coefficient (Wildman–Crippen LogP) is 6.61. The number of ether oxygens (including phenoxy) is 2. The van der Waals surface area contributed by atoms with Crippen LogP contribution in [0.5, 0.6) is 11.8 Å². The van der Waals surface area contributed by atoms with E-state index in [0.717, 1.165) is 47.1 Å². The van der Waals surface area contributed by atoms with Gasteiger partial charge in [0.1, 0.15) is 6.04 Å². The number of piperidine rings is 1. The van der Waals surface area contributed by atoms with Crippen molar-refractivity contribution in [1.29, 1.82) is 0 Å². The zero-order valence-corrected chi connectivity index (χ0v) is 29.0. The molecule has 49 heavy (non-hydrogen) atoms. The molecule has 0 aliphatic carbocycles. The Bertz CT molecular complexity index is 1850. The monoisotopic (exact) mass is 703 g/mol. The molecule has 0 saturated carbocycles. The van der Waals surface area contributed by atoms with Crippen LogP contribution >= 0.6 is 23.2 Å². The van der Waals surface area contributed by atoms with Gasteiger partial charge < -0.3 is 25.2 Å². The van der Waals surface area contributed by atoms with Crippen molar-refractivity contribution in [3.63, 3.8) is 0 Å². The van der Waals surface area contributed by atoms with E-state index in [1.165, 1.54) is 0 Å². The fraction of sp³-hybridized carbons (Fsp3) is 0.351. The summed E-state index contributed by atoms with van der Waals surface area (Å²) in [6.45, 7) is 2.35. The largest absolute Gasteiger partial charge is 0.481 e. The SMILES string of the molecule is COc1nc(-c2cccc(-c3cccc(-c4ccc(CN5CCCCC5C(=O)O)c(OC)n4)c3Cl)c2Cl)ccc1CNCC1CCC(=O)N1. The molecule has 4 aromatic rings. The second-order valence-corrected chi connectivity index (χ2v) is 13.1. The van der Waals surface area contributed by atoms with Gasteiger partial charge >= 0.3 is 5.97 Å².